The lowest BCUT2D eigenvalue weighted by Crippen LogP contribution is -2.35. The van der Waals surface area contributed by atoms with Crippen LogP contribution in [0.3, 0.4) is 0 Å². The number of nitrogens with zero attached hydrogens (tertiary/aromatic N) is 1. The van der Waals surface area contributed by atoms with Crippen molar-refractivity contribution in [2.45, 2.75) is 20.8 Å². The highest BCUT2D eigenvalue weighted by Gasteiger charge is 2.11. The molecule has 2 N–H and O–H groups in total. The zero-order valence-corrected chi connectivity index (χ0v) is 9.58. The summed E-state index contributed by atoms with van der Waals surface area (Å²) in [5, 5.41) is 0. The molecular weight excluding hydrogens is 188 g/mol. The minimum atomic E-state index is -0.0410. The van der Waals surface area contributed by atoms with Gasteiger partial charge in [-0.05, 0) is 44.0 Å². The lowest BCUT2D eigenvalue weighted by atomic mass is 10.1. The molecule has 1 aromatic carbocycles. The van der Waals surface area contributed by atoms with E-state index in [0.717, 1.165) is 5.69 Å². The molecule has 0 aliphatic heterocycles. The third-order valence-electron chi connectivity index (χ3n) is 2.59. The highest BCUT2D eigenvalue weighted by molar-refractivity contribution is 5.94. The van der Waals surface area contributed by atoms with Gasteiger partial charge in [-0.15, -0.1) is 0 Å². The smallest absolute Gasteiger partial charge is 0.240 e. The number of aryl methyl sites for hydroxylation is 2. The van der Waals surface area contributed by atoms with Gasteiger partial charge in [0.05, 0.1) is 6.54 Å². The lowest BCUT2D eigenvalue weighted by Gasteiger charge is -2.21. The number of hydrogen-bond acceptors (Lipinski definition) is 2. The summed E-state index contributed by atoms with van der Waals surface area (Å²) in [6.45, 7) is 6.75. The Morgan fingerprint density at radius 3 is 2.47 bits per heavy atom. The molecule has 15 heavy (non-hydrogen) atoms. The van der Waals surface area contributed by atoms with Crippen LogP contribution in [0.2, 0.25) is 0 Å². The number of nitrogens with two attached hydrogens (primary N) is 1. The first-order chi connectivity index (χ1) is 7.10. The van der Waals surface area contributed by atoms with Crippen molar-refractivity contribution < 1.29 is 4.79 Å². The molecule has 0 atom stereocenters. The molecule has 3 nitrogen and oxygen atoms in total. The largest absolute Gasteiger partial charge is 0.322 e. The van der Waals surface area contributed by atoms with Crippen LogP contribution in [0.1, 0.15) is 18.1 Å². The van der Waals surface area contributed by atoms with E-state index in [0.29, 0.717) is 6.54 Å². The zero-order chi connectivity index (χ0) is 11.4. The van der Waals surface area contributed by atoms with Crippen molar-refractivity contribution in [3.05, 3.63) is 29.3 Å². The summed E-state index contributed by atoms with van der Waals surface area (Å²) in [5.74, 6) is -0.0410. The van der Waals surface area contributed by atoms with Crippen molar-refractivity contribution in [3.8, 4) is 0 Å². The molecule has 1 rings (SSSR count). The fourth-order valence-electron chi connectivity index (χ4n) is 1.51. The fourth-order valence-corrected chi connectivity index (χ4v) is 1.51. The molecule has 82 valence electrons. The summed E-state index contributed by atoms with van der Waals surface area (Å²) in [5.41, 5.74) is 8.71. The SMILES string of the molecule is CCN(C(=O)CN)c1ccc(C)c(C)c1. The molecule has 1 aromatic rings. The summed E-state index contributed by atoms with van der Waals surface area (Å²) in [6.07, 6.45) is 0. The predicted octanol–water partition coefficient (Wildman–Crippen LogP) is 1.62. The van der Waals surface area contributed by atoms with Crippen molar-refractivity contribution in [3.63, 3.8) is 0 Å². The van der Waals surface area contributed by atoms with Crippen molar-refractivity contribution in [2.75, 3.05) is 18.0 Å². The molecule has 3 heteroatoms. The zero-order valence-electron chi connectivity index (χ0n) is 9.58. The van der Waals surface area contributed by atoms with E-state index in [9.17, 15) is 4.79 Å². The monoisotopic (exact) mass is 206 g/mol. The number of carbonyl (C=O) groups is 1. The Morgan fingerprint density at radius 2 is 2.00 bits per heavy atom. The molecule has 1 amide bonds. The standard InChI is InChI=1S/C12H18N2O/c1-4-14(12(15)8-13)11-6-5-9(2)10(3)7-11/h5-7H,4,8,13H2,1-3H3. The molecule has 0 radical (unpaired) electrons. The fraction of sp³-hybridized carbons (Fsp3) is 0.417. The first kappa shape index (κ1) is 11.7. The molecule has 0 fully saturated rings. The molecule has 0 heterocycles. The van der Waals surface area contributed by atoms with Gasteiger partial charge >= 0.3 is 0 Å². The van der Waals surface area contributed by atoms with Gasteiger partial charge in [0.25, 0.3) is 0 Å². The van der Waals surface area contributed by atoms with Crippen LogP contribution in [0, 0.1) is 13.8 Å². The molecule has 0 bridgehead atoms. The molecule has 0 aliphatic carbocycles. The normalized spacial score (nSPS) is 10.1. The minimum Gasteiger partial charge on any atom is -0.322 e. The van der Waals surface area contributed by atoms with Gasteiger partial charge in [-0.2, -0.15) is 0 Å². The molecule has 0 saturated heterocycles. The van der Waals surface area contributed by atoms with Crippen LogP contribution < -0.4 is 10.6 Å². The second-order valence-electron chi connectivity index (χ2n) is 3.61. The molecule has 0 unspecified atom stereocenters. The van der Waals surface area contributed by atoms with E-state index in [1.54, 1.807) is 4.90 Å². The maximum absolute atomic E-state index is 11.5. The Morgan fingerprint density at radius 1 is 1.33 bits per heavy atom. The average molecular weight is 206 g/mol. The van der Waals surface area contributed by atoms with Crippen LogP contribution in [0.4, 0.5) is 5.69 Å². The third-order valence-corrected chi connectivity index (χ3v) is 2.59. The van der Waals surface area contributed by atoms with Gasteiger partial charge < -0.3 is 10.6 Å². The van der Waals surface area contributed by atoms with Crippen molar-refractivity contribution in [1.29, 1.82) is 0 Å². The quantitative estimate of drug-likeness (QED) is 0.816. The van der Waals surface area contributed by atoms with Gasteiger partial charge in [-0.3, -0.25) is 4.79 Å². The Hall–Kier alpha value is -1.35. The summed E-state index contributed by atoms with van der Waals surface area (Å²) in [4.78, 5) is 13.2. The molecular formula is C12H18N2O. The number of benzene rings is 1. The van der Waals surface area contributed by atoms with Crippen LogP contribution in [0.25, 0.3) is 0 Å². The summed E-state index contributed by atoms with van der Waals surface area (Å²) in [7, 11) is 0. The van der Waals surface area contributed by atoms with Crippen LogP contribution in [-0.2, 0) is 4.79 Å². The number of rotatable bonds is 3. The van der Waals surface area contributed by atoms with Gasteiger partial charge in [-0.25, -0.2) is 0 Å². The van der Waals surface area contributed by atoms with Gasteiger partial charge in [0.2, 0.25) is 5.91 Å². The van der Waals surface area contributed by atoms with Crippen molar-refractivity contribution in [2.24, 2.45) is 5.73 Å². The second-order valence-corrected chi connectivity index (χ2v) is 3.61. The lowest BCUT2D eigenvalue weighted by molar-refractivity contribution is -0.117. The molecule has 0 spiro atoms. The first-order valence-electron chi connectivity index (χ1n) is 5.17. The van der Waals surface area contributed by atoms with Crippen LogP contribution in [0.5, 0.6) is 0 Å². The summed E-state index contributed by atoms with van der Waals surface area (Å²) < 4.78 is 0. The van der Waals surface area contributed by atoms with Crippen LogP contribution in [0.15, 0.2) is 18.2 Å². The Bertz CT molecular complexity index is 361. The van der Waals surface area contributed by atoms with E-state index in [4.69, 9.17) is 5.73 Å². The highest BCUT2D eigenvalue weighted by atomic mass is 16.2. The highest BCUT2D eigenvalue weighted by Crippen LogP contribution is 2.18. The van der Waals surface area contributed by atoms with Gasteiger partial charge in [0.1, 0.15) is 0 Å². The number of amides is 1. The van der Waals surface area contributed by atoms with E-state index in [1.165, 1.54) is 11.1 Å². The maximum atomic E-state index is 11.5. The van der Waals surface area contributed by atoms with E-state index in [1.807, 2.05) is 32.0 Å². The summed E-state index contributed by atoms with van der Waals surface area (Å²) >= 11 is 0. The molecule has 0 aliphatic rings. The Kier molecular flexibility index (Phi) is 3.86. The average Bonchev–Trinajstić information content (AvgIpc) is 2.24. The number of hydrogen-bond donors (Lipinski definition) is 1. The van der Waals surface area contributed by atoms with E-state index >= 15 is 0 Å². The second kappa shape index (κ2) is 4.94. The predicted molar refractivity (Wildman–Crippen MR) is 63.0 cm³/mol. The first-order valence-corrected chi connectivity index (χ1v) is 5.17. The molecule has 0 saturated carbocycles. The number of likely N-dealkylation sites (N-methyl/N-ethyl adjacent to an activating group) is 1. The van der Waals surface area contributed by atoms with Crippen LogP contribution >= 0.6 is 0 Å². The van der Waals surface area contributed by atoms with E-state index in [2.05, 4.69) is 6.92 Å². The maximum Gasteiger partial charge on any atom is 0.240 e. The Balaban J connectivity index is 3.02. The topological polar surface area (TPSA) is 46.3 Å². The minimum absolute atomic E-state index is 0.0410. The Labute approximate surface area is 90.9 Å². The summed E-state index contributed by atoms with van der Waals surface area (Å²) in [6, 6.07) is 6.00. The van der Waals surface area contributed by atoms with Crippen LogP contribution in [-0.4, -0.2) is 19.0 Å². The van der Waals surface area contributed by atoms with Gasteiger partial charge in [0.15, 0.2) is 0 Å². The third kappa shape index (κ3) is 2.57. The van der Waals surface area contributed by atoms with E-state index in [-0.39, 0.29) is 12.5 Å². The number of carbonyl (C=O) groups excluding carboxylic acids is 1. The van der Waals surface area contributed by atoms with Gasteiger partial charge in [0, 0.05) is 12.2 Å². The van der Waals surface area contributed by atoms with Crippen molar-refractivity contribution in [1.82, 2.24) is 0 Å². The van der Waals surface area contributed by atoms with E-state index < -0.39 is 0 Å². The van der Waals surface area contributed by atoms with Gasteiger partial charge in [-0.1, -0.05) is 6.07 Å². The molecule has 0 aromatic heterocycles. The number of anilines is 1. The van der Waals surface area contributed by atoms with Crippen molar-refractivity contribution >= 4 is 11.6 Å².